The fourth-order valence-electron chi connectivity index (χ4n) is 2.74. The van der Waals surface area contributed by atoms with E-state index in [-0.39, 0.29) is 17.4 Å². The van der Waals surface area contributed by atoms with Gasteiger partial charge in [0.2, 0.25) is 10.0 Å². The van der Waals surface area contributed by atoms with Crippen molar-refractivity contribution in [2.24, 2.45) is 0 Å². The van der Waals surface area contributed by atoms with Gasteiger partial charge in [-0.3, -0.25) is 4.79 Å². The van der Waals surface area contributed by atoms with E-state index in [0.717, 1.165) is 18.6 Å². The number of piperidine rings is 1. The summed E-state index contributed by atoms with van der Waals surface area (Å²) in [4.78, 5) is 12.2. The summed E-state index contributed by atoms with van der Waals surface area (Å²) in [7, 11) is -3.24. The highest BCUT2D eigenvalue weighted by Gasteiger charge is 2.28. The second-order valence-corrected chi connectivity index (χ2v) is 8.27. The summed E-state index contributed by atoms with van der Waals surface area (Å²) in [6.07, 6.45) is 2.44. The zero-order valence-corrected chi connectivity index (χ0v) is 14.9. The first-order valence-corrected chi connectivity index (χ1v) is 9.89. The monoisotopic (exact) mass is 372 g/mol. The van der Waals surface area contributed by atoms with Crippen molar-refractivity contribution >= 4 is 15.9 Å². The number of nitrogens with one attached hydrogen (secondary N) is 1. The van der Waals surface area contributed by atoms with Crippen molar-refractivity contribution in [3.8, 4) is 17.2 Å². The molecule has 1 aliphatic rings. The summed E-state index contributed by atoms with van der Waals surface area (Å²) in [6, 6.07) is 1.94. The summed E-state index contributed by atoms with van der Waals surface area (Å²) >= 11 is 0. The molecular formula is C16H24N2O6S. The van der Waals surface area contributed by atoms with Gasteiger partial charge in [-0.15, -0.1) is 0 Å². The number of benzene rings is 1. The van der Waals surface area contributed by atoms with Crippen molar-refractivity contribution in [1.29, 1.82) is 0 Å². The van der Waals surface area contributed by atoms with Crippen LogP contribution in [0.5, 0.6) is 17.2 Å². The number of carbonyl (C=O) groups is 1. The van der Waals surface area contributed by atoms with Crippen LogP contribution in [-0.4, -0.2) is 58.8 Å². The van der Waals surface area contributed by atoms with Crippen LogP contribution in [0, 0.1) is 0 Å². The number of nitrogens with zero attached hydrogens (tertiary/aromatic N) is 1. The molecule has 0 spiro atoms. The average Bonchev–Trinajstić information content (AvgIpc) is 2.58. The minimum atomic E-state index is -3.24. The van der Waals surface area contributed by atoms with Crippen LogP contribution < -0.4 is 5.32 Å². The first kappa shape index (κ1) is 19.3. The maximum Gasteiger partial charge on any atom is 0.251 e. The van der Waals surface area contributed by atoms with E-state index in [1.807, 2.05) is 6.92 Å². The van der Waals surface area contributed by atoms with Gasteiger partial charge in [0.25, 0.3) is 5.91 Å². The highest BCUT2D eigenvalue weighted by molar-refractivity contribution is 7.89. The quantitative estimate of drug-likeness (QED) is 0.554. The molecule has 4 N–H and O–H groups in total. The van der Waals surface area contributed by atoms with Crippen LogP contribution in [0.25, 0.3) is 0 Å². The van der Waals surface area contributed by atoms with E-state index < -0.39 is 33.2 Å². The molecule has 0 aliphatic carbocycles. The summed E-state index contributed by atoms with van der Waals surface area (Å²) in [5.41, 5.74) is 0.0193. The molecule has 0 saturated carbocycles. The SMILES string of the molecule is CCCCS(=O)(=O)N1CCC(NC(=O)c2cc(O)c(O)c(O)c2)CC1. The van der Waals surface area contributed by atoms with Crippen LogP contribution in [-0.2, 0) is 10.0 Å². The second-order valence-electron chi connectivity index (χ2n) is 6.18. The maximum atomic E-state index is 12.2. The van der Waals surface area contributed by atoms with Crippen LogP contribution >= 0.6 is 0 Å². The molecule has 8 nitrogen and oxygen atoms in total. The Morgan fingerprint density at radius 1 is 1.20 bits per heavy atom. The Balaban J connectivity index is 1.93. The molecule has 0 unspecified atom stereocenters. The lowest BCUT2D eigenvalue weighted by atomic mass is 10.1. The number of unbranched alkanes of at least 4 members (excludes halogenated alkanes) is 1. The molecule has 9 heteroatoms. The minimum Gasteiger partial charge on any atom is -0.504 e. The molecule has 1 aliphatic heterocycles. The molecule has 0 radical (unpaired) electrons. The summed E-state index contributed by atoms with van der Waals surface area (Å²) in [6.45, 7) is 2.64. The largest absolute Gasteiger partial charge is 0.504 e. The van der Waals surface area contributed by atoms with Crippen molar-refractivity contribution < 1.29 is 28.5 Å². The predicted molar refractivity (Wildman–Crippen MR) is 92.2 cm³/mol. The summed E-state index contributed by atoms with van der Waals surface area (Å²) < 4.78 is 25.8. The number of hydrogen-bond acceptors (Lipinski definition) is 6. The molecule has 0 bridgehead atoms. The highest BCUT2D eigenvalue weighted by Crippen LogP contribution is 2.35. The molecule has 1 fully saturated rings. The number of aromatic hydroxyl groups is 3. The summed E-state index contributed by atoms with van der Waals surface area (Å²) in [5.74, 6) is -2.20. The highest BCUT2D eigenvalue weighted by atomic mass is 32.2. The third-order valence-electron chi connectivity index (χ3n) is 4.27. The number of rotatable bonds is 6. The van der Waals surface area contributed by atoms with Gasteiger partial charge in [0, 0.05) is 24.7 Å². The van der Waals surface area contributed by atoms with Gasteiger partial charge < -0.3 is 20.6 Å². The number of amides is 1. The number of hydrogen-bond donors (Lipinski definition) is 4. The molecule has 1 amide bonds. The predicted octanol–water partition coefficient (Wildman–Crippen LogP) is 1.13. The smallest absolute Gasteiger partial charge is 0.251 e. The van der Waals surface area contributed by atoms with Crippen molar-refractivity contribution in [3.63, 3.8) is 0 Å². The zero-order chi connectivity index (χ0) is 18.6. The number of phenols is 3. The van der Waals surface area contributed by atoms with E-state index in [2.05, 4.69) is 5.32 Å². The normalized spacial score (nSPS) is 16.7. The van der Waals surface area contributed by atoms with Crippen molar-refractivity contribution in [2.75, 3.05) is 18.8 Å². The van der Waals surface area contributed by atoms with Gasteiger partial charge in [-0.1, -0.05) is 13.3 Å². The van der Waals surface area contributed by atoms with Crippen molar-refractivity contribution in [3.05, 3.63) is 17.7 Å². The molecule has 0 aromatic heterocycles. The molecule has 1 saturated heterocycles. The number of phenolic OH excluding ortho intramolecular Hbond substituents is 3. The third-order valence-corrected chi connectivity index (χ3v) is 6.23. The molecule has 140 valence electrons. The van der Waals surface area contributed by atoms with E-state index in [0.29, 0.717) is 32.4 Å². The minimum absolute atomic E-state index is 0.0193. The fourth-order valence-corrected chi connectivity index (χ4v) is 4.42. The maximum absolute atomic E-state index is 12.2. The zero-order valence-electron chi connectivity index (χ0n) is 14.1. The molecule has 1 aromatic carbocycles. The lowest BCUT2D eigenvalue weighted by Gasteiger charge is -2.31. The van der Waals surface area contributed by atoms with Gasteiger partial charge in [0.1, 0.15) is 0 Å². The van der Waals surface area contributed by atoms with Gasteiger partial charge in [-0.25, -0.2) is 12.7 Å². The van der Waals surface area contributed by atoms with Crippen molar-refractivity contribution in [2.45, 2.75) is 38.6 Å². The van der Waals surface area contributed by atoms with Gasteiger partial charge in [0.05, 0.1) is 5.75 Å². The van der Waals surface area contributed by atoms with Crippen LogP contribution in [0.1, 0.15) is 43.0 Å². The Bertz CT molecular complexity index is 703. The van der Waals surface area contributed by atoms with Gasteiger partial charge in [-0.2, -0.15) is 0 Å². The van der Waals surface area contributed by atoms with Crippen LogP contribution in [0.2, 0.25) is 0 Å². The number of sulfonamides is 1. The summed E-state index contributed by atoms with van der Waals surface area (Å²) in [5, 5.41) is 31.0. The first-order chi connectivity index (χ1) is 11.7. The van der Waals surface area contributed by atoms with Crippen LogP contribution in [0.4, 0.5) is 0 Å². The van der Waals surface area contributed by atoms with Gasteiger partial charge >= 0.3 is 0 Å². The van der Waals surface area contributed by atoms with Gasteiger partial charge in [0.15, 0.2) is 17.2 Å². The van der Waals surface area contributed by atoms with E-state index >= 15 is 0 Å². The molecule has 2 rings (SSSR count). The lowest BCUT2D eigenvalue weighted by molar-refractivity contribution is 0.0923. The Morgan fingerprint density at radius 2 is 1.76 bits per heavy atom. The second kappa shape index (κ2) is 7.92. The average molecular weight is 372 g/mol. The molecular weight excluding hydrogens is 348 g/mol. The van der Waals surface area contributed by atoms with E-state index in [9.17, 15) is 28.5 Å². The van der Waals surface area contributed by atoms with E-state index in [4.69, 9.17) is 0 Å². The van der Waals surface area contributed by atoms with Gasteiger partial charge in [-0.05, 0) is 31.4 Å². The van der Waals surface area contributed by atoms with Crippen molar-refractivity contribution in [1.82, 2.24) is 9.62 Å². The fraction of sp³-hybridized carbons (Fsp3) is 0.562. The number of carbonyl (C=O) groups excluding carboxylic acids is 1. The molecule has 25 heavy (non-hydrogen) atoms. The lowest BCUT2D eigenvalue weighted by Crippen LogP contribution is -2.47. The van der Waals surface area contributed by atoms with Crippen LogP contribution in [0.15, 0.2) is 12.1 Å². The Hall–Kier alpha value is -2.00. The van der Waals surface area contributed by atoms with E-state index in [1.54, 1.807) is 0 Å². The van der Waals surface area contributed by atoms with Crippen LogP contribution in [0.3, 0.4) is 0 Å². The Morgan fingerprint density at radius 3 is 2.28 bits per heavy atom. The Kier molecular flexibility index (Phi) is 6.12. The first-order valence-electron chi connectivity index (χ1n) is 8.28. The molecule has 1 aromatic rings. The van der Waals surface area contributed by atoms with E-state index in [1.165, 1.54) is 4.31 Å². The Labute approximate surface area is 147 Å². The standard InChI is InChI=1S/C16H24N2O6S/c1-2-3-8-25(23,24)18-6-4-12(5-7-18)17-16(22)11-9-13(19)15(21)14(20)10-11/h9-10,12,19-21H,2-8H2,1H3,(H,17,22). The topological polar surface area (TPSA) is 127 Å². The third kappa shape index (κ3) is 4.76. The molecule has 1 heterocycles. The molecule has 0 atom stereocenters.